The fourth-order valence-electron chi connectivity index (χ4n) is 4.04. The van der Waals surface area contributed by atoms with Gasteiger partial charge in [-0.15, -0.1) is 0 Å². The zero-order valence-corrected chi connectivity index (χ0v) is 18.2. The van der Waals surface area contributed by atoms with Crippen LogP contribution in [0.5, 0.6) is 5.75 Å². The van der Waals surface area contributed by atoms with E-state index in [4.69, 9.17) is 14.6 Å². The predicted octanol–water partition coefficient (Wildman–Crippen LogP) is 3.77. The van der Waals surface area contributed by atoms with Gasteiger partial charge in [0.05, 0.1) is 17.8 Å². The van der Waals surface area contributed by atoms with Crippen molar-refractivity contribution in [1.82, 2.24) is 19.9 Å². The second-order valence-corrected chi connectivity index (χ2v) is 9.19. The van der Waals surface area contributed by atoms with Gasteiger partial charge in [-0.1, -0.05) is 5.16 Å². The average molecular weight is 424 g/mol. The van der Waals surface area contributed by atoms with Crippen molar-refractivity contribution >= 4 is 17.3 Å². The Balaban J connectivity index is 1.45. The van der Waals surface area contributed by atoms with Crippen LogP contribution in [0.1, 0.15) is 57.4 Å². The van der Waals surface area contributed by atoms with Gasteiger partial charge in [-0.05, 0) is 52.8 Å². The topological polar surface area (TPSA) is 85.1 Å². The smallest absolute Gasteiger partial charge is 0.203 e. The van der Waals surface area contributed by atoms with E-state index in [1.807, 2.05) is 46.9 Å². The maximum Gasteiger partial charge on any atom is 0.203 e. The van der Waals surface area contributed by atoms with E-state index in [0.29, 0.717) is 23.7 Å². The molecule has 2 N–H and O–H groups in total. The lowest BCUT2D eigenvalue weighted by molar-refractivity contribution is -0.00234. The largest absolute Gasteiger partial charge is 0.487 e. The highest BCUT2D eigenvalue weighted by Gasteiger charge is 2.34. The van der Waals surface area contributed by atoms with Crippen molar-refractivity contribution in [2.45, 2.75) is 58.4 Å². The number of nitrogens with one attached hydrogen (secondary N) is 2. The van der Waals surface area contributed by atoms with Crippen molar-refractivity contribution in [3.63, 3.8) is 0 Å². The van der Waals surface area contributed by atoms with Gasteiger partial charge >= 0.3 is 0 Å². The molecule has 2 aliphatic rings. The summed E-state index contributed by atoms with van der Waals surface area (Å²) in [5.41, 5.74) is 2.10. The highest BCUT2D eigenvalue weighted by atomic mass is 19.1. The van der Waals surface area contributed by atoms with Crippen LogP contribution in [0, 0.1) is 5.82 Å². The van der Waals surface area contributed by atoms with Gasteiger partial charge in [0, 0.05) is 23.7 Å². The molecule has 0 spiro atoms. The first kappa shape index (κ1) is 19.6. The number of fused-ring (bicyclic) bond motifs is 2. The van der Waals surface area contributed by atoms with Crippen molar-refractivity contribution in [2.24, 2.45) is 5.16 Å². The summed E-state index contributed by atoms with van der Waals surface area (Å²) in [7, 11) is 0. The van der Waals surface area contributed by atoms with Crippen LogP contribution in [0.2, 0.25) is 0 Å². The standard InChI is InChI=1S/C22H25FN6O2/c1-12(15-9-14(23)8-13-10-21(2,3)30-18(13)15)25-17-6-7-29-20(26-17)16(11-24-29)19-27-22(4,5)31-28-19/h6-9,11-12H,10H2,1-5H3,(H,25,26)(H,27,28)/t12-/m1/s1. The Hall–Kier alpha value is -3.36. The number of rotatable bonds is 4. The first-order valence-corrected chi connectivity index (χ1v) is 10.3. The molecule has 31 heavy (non-hydrogen) atoms. The Morgan fingerprint density at radius 1 is 1.26 bits per heavy atom. The number of aromatic nitrogens is 3. The van der Waals surface area contributed by atoms with Crippen LogP contribution < -0.4 is 15.4 Å². The van der Waals surface area contributed by atoms with E-state index >= 15 is 0 Å². The van der Waals surface area contributed by atoms with Crippen molar-refractivity contribution in [3.8, 4) is 5.75 Å². The van der Waals surface area contributed by atoms with Crippen molar-refractivity contribution in [1.29, 1.82) is 0 Å². The molecule has 2 aliphatic heterocycles. The third kappa shape index (κ3) is 3.54. The Bertz CT molecular complexity index is 1220. The second kappa shape index (κ2) is 6.57. The number of oxime groups is 1. The van der Waals surface area contributed by atoms with E-state index in [9.17, 15) is 4.39 Å². The summed E-state index contributed by atoms with van der Waals surface area (Å²) in [4.78, 5) is 10.1. The van der Waals surface area contributed by atoms with Gasteiger partial charge < -0.3 is 20.2 Å². The summed E-state index contributed by atoms with van der Waals surface area (Å²) in [5.74, 6) is 1.70. The number of ether oxygens (including phenoxy) is 1. The Morgan fingerprint density at radius 3 is 2.81 bits per heavy atom. The number of benzene rings is 1. The van der Waals surface area contributed by atoms with Crippen LogP contribution in [-0.4, -0.2) is 31.8 Å². The van der Waals surface area contributed by atoms with Crippen LogP contribution in [0.25, 0.3) is 5.65 Å². The number of nitrogens with zero attached hydrogens (tertiary/aromatic N) is 4. The van der Waals surface area contributed by atoms with E-state index in [-0.39, 0.29) is 17.5 Å². The fourth-order valence-corrected chi connectivity index (χ4v) is 4.04. The first-order chi connectivity index (χ1) is 14.6. The molecule has 162 valence electrons. The molecule has 0 aliphatic carbocycles. The van der Waals surface area contributed by atoms with Crippen molar-refractivity contribution < 1.29 is 14.0 Å². The SMILES string of the molecule is C[C@@H](Nc1ccn2ncc(C3=NOC(C)(C)N3)c2n1)c1cc(F)cc2c1OC(C)(C)C2. The highest BCUT2D eigenvalue weighted by Crippen LogP contribution is 2.41. The van der Waals surface area contributed by atoms with Crippen LogP contribution in [-0.2, 0) is 11.3 Å². The molecule has 0 unspecified atom stereocenters. The van der Waals surface area contributed by atoms with E-state index < -0.39 is 5.72 Å². The fraction of sp³-hybridized carbons (Fsp3) is 0.409. The minimum Gasteiger partial charge on any atom is -0.487 e. The third-order valence-corrected chi connectivity index (χ3v) is 5.39. The number of hydrogen-bond donors (Lipinski definition) is 2. The minimum absolute atomic E-state index is 0.219. The number of amidine groups is 1. The zero-order valence-electron chi connectivity index (χ0n) is 18.2. The summed E-state index contributed by atoms with van der Waals surface area (Å²) in [5, 5.41) is 15.0. The van der Waals surface area contributed by atoms with E-state index in [2.05, 4.69) is 20.9 Å². The summed E-state index contributed by atoms with van der Waals surface area (Å²) >= 11 is 0. The zero-order chi connectivity index (χ0) is 22.0. The molecule has 8 nitrogen and oxygen atoms in total. The molecule has 2 aromatic heterocycles. The summed E-state index contributed by atoms with van der Waals surface area (Å²) in [6.07, 6.45) is 4.19. The Labute approximate surface area is 179 Å². The number of anilines is 1. The van der Waals surface area contributed by atoms with Crippen LogP contribution in [0.4, 0.5) is 10.2 Å². The molecule has 1 atom stereocenters. The molecule has 0 bridgehead atoms. The van der Waals surface area contributed by atoms with Gasteiger partial charge in [0.1, 0.15) is 23.0 Å². The third-order valence-electron chi connectivity index (χ3n) is 5.39. The molecule has 9 heteroatoms. The van der Waals surface area contributed by atoms with Crippen molar-refractivity contribution in [3.05, 3.63) is 53.1 Å². The maximum atomic E-state index is 14.3. The predicted molar refractivity (Wildman–Crippen MR) is 115 cm³/mol. The van der Waals surface area contributed by atoms with Crippen LogP contribution in [0.15, 0.2) is 35.7 Å². The summed E-state index contributed by atoms with van der Waals surface area (Å²) < 4.78 is 22.1. The molecule has 4 heterocycles. The molecule has 5 rings (SSSR count). The maximum absolute atomic E-state index is 14.3. The first-order valence-electron chi connectivity index (χ1n) is 10.3. The molecule has 0 fully saturated rings. The second-order valence-electron chi connectivity index (χ2n) is 9.19. The van der Waals surface area contributed by atoms with Gasteiger partial charge in [-0.3, -0.25) is 0 Å². The van der Waals surface area contributed by atoms with Gasteiger partial charge in [-0.25, -0.2) is 13.9 Å². The summed E-state index contributed by atoms with van der Waals surface area (Å²) in [6, 6.07) is 4.69. The van der Waals surface area contributed by atoms with Gasteiger partial charge in [0.15, 0.2) is 11.5 Å². The van der Waals surface area contributed by atoms with Crippen molar-refractivity contribution in [2.75, 3.05) is 5.32 Å². The number of halogens is 1. The van der Waals surface area contributed by atoms with Crippen LogP contribution >= 0.6 is 0 Å². The van der Waals surface area contributed by atoms with E-state index in [1.165, 1.54) is 6.07 Å². The molecule has 1 aromatic carbocycles. The normalized spacial score (nSPS) is 19.2. The lowest BCUT2D eigenvalue weighted by Crippen LogP contribution is -2.38. The average Bonchev–Trinajstić information content (AvgIpc) is 3.33. The lowest BCUT2D eigenvalue weighted by atomic mass is 9.98. The molecule has 0 radical (unpaired) electrons. The molecular weight excluding hydrogens is 399 g/mol. The highest BCUT2D eigenvalue weighted by molar-refractivity contribution is 6.04. The molecular formula is C22H25FN6O2. The van der Waals surface area contributed by atoms with Crippen LogP contribution in [0.3, 0.4) is 0 Å². The molecule has 3 aromatic rings. The molecule has 0 amide bonds. The lowest BCUT2D eigenvalue weighted by Gasteiger charge is -2.21. The summed E-state index contributed by atoms with van der Waals surface area (Å²) in [6.45, 7) is 9.75. The Morgan fingerprint density at radius 2 is 2.06 bits per heavy atom. The number of hydrogen-bond acceptors (Lipinski definition) is 7. The van der Waals surface area contributed by atoms with Gasteiger partial charge in [-0.2, -0.15) is 5.10 Å². The Kier molecular flexibility index (Phi) is 4.15. The van der Waals surface area contributed by atoms with Gasteiger partial charge in [0.2, 0.25) is 5.72 Å². The minimum atomic E-state index is -0.584. The molecule has 0 saturated carbocycles. The quantitative estimate of drug-likeness (QED) is 0.663. The molecule has 0 saturated heterocycles. The monoisotopic (exact) mass is 424 g/mol. The van der Waals surface area contributed by atoms with E-state index in [0.717, 1.165) is 22.4 Å². The van der Waals surface area contributed by atoms with E-state index in [1.54, 1.807) is 16.8 Å². The van der Waals surface area contributed by atoms with Gasteiger partial charge in [0.25, 0.3) is 0 Å².